The van der Waals surface area contributed by atoms with Crippen LogP contribution in [0.25, 0.3) is 11.0 Å². The maximum Gasteiger partial charge on any atom is 0.449 e. The van der Waals surface area contributed by atoms with Crippen molar-refractivity contribution in [2.24, 2.45) is 0 Å². The average Bonchev–Trinajstić information content (AvgIpc) is 3.00. The summed E-state index contributed by atoms with van der Waals surface area (Å²) in [5.41, 5.74) is -1.55. The third kappa shape index (κ3) is 3.25. The zero-order valence-corrected chi connectivity index (χ0v) is 13.6. The zero-order chi connectivity index (χ0) is 19.1. The van der Waals surface area contributed by atoms with Crippen LogP contribution >= 0.6 is 0 Å². The number of nitro benzene ring substituents is 1. The van der Waals surface area contributed by atoms with E-state index in [0.29, 0.717) is 0 Å². The lowest BCUT2D eigenvalue weighted by atomic mass is 10.1. The fourth-order valence-electron chi connectivity index (χ4n) is 2.47. The molecule has 0 saturated carbocycles. The third-order valence-corrected chi connectivity index (χ3v) is 5.30. The molecule has 2 aromatic carbocycles. The van der Waals surface area contributed by atoms with Gasteiger partial charge in [-0.15, -0.1) is 0 Å². The van der Waals surface area contributed by atoms with Crippen LogP contribution in [0.4, 0.5) is 18.9 Å². The van der Waals surface area contributed by atoms with Crippen LogP contribution in [0.3, 0.4) is 0 Å². The fraction of sp³-hybridized carbons (Fsp3) is 0.133. The van der Waals surface area contributed by atoms with Crippen LogP contribution in [0.1, 0.15) is 11.4 Å². The summed E-state index contributed by atoms with van der Waals surface area (Å²) in [6.45, 7) is 0. The first kappa shape index (κ1) is 17.9. The van der Waals surface area contributed by atoms with E-state index in [1.54, 1.807) is 6.07 Å². The monoisotopic (exact) mass is 385 g/mol. The number of imidazole rings is 1. The van der Waals surface area contributed by atoms with Gasteiger partial charge in [-0.3, -0.25) is 10.1 Å². The van der Waals surface area contributed by atoms with Crippen molar-refractivity contribution in [2.75, 3.05) is 0 Å². The van der Waals surface area contributed by atoms with Gasteiger partial charge in [0.1, 0.15) is 5.52 Å². The molecule has 0 radical (unpaired) electrons. The molecule has 0 unspecified atom stereocenters. The molecule has 0 bridgehead atoms. The Morgan fingerprint density at radius 3 is 2.35 bits per heavy atom. The van der Waals surface area contributed by atoms with Crippen LogP contribution < -0.4 is 0 Å². The Kier molecular flexibility index (Phi) is 4.18. The molecule has 0 saturated heterocycles. The predicted molar refractivity (Wildman–Crippen MR) is 85.1 cm³/mol. The smallest absolute Gasteiger partial charge is 0.334 e. The molecule has 1 N–H and O–H groups in total. The summed E-state index contributed by atoms with van der Waals surface area (Å²) < 4.78 is 63.7. The molecule has 3 rings (SSSR count). The highest BCUT2D eigenvalue weighted by molar-refractivity contribution is 7.90. The van der Waals surface area contributed by atoms with Crippen molar-refractivity contribution in [3.8, 4) is 0 Å². The number of sulfone groups is 1. The molecule has 0 fully saturated rings. The molecule has 0 atom stereocenters. The Bertz CT molecular complexity index is 1090. The number of nitrogens with one attached hydrogen (secondary N) is 1. The SMILES string of the molecule is O=[N+]([O-])c1ccc2[nH]c(C(F)(F)F)nc2c1CS(=O)(=O)c1ccccc1. The summed E-state index contributed by atoms with van der Waals surface area (Å²) >= 11 is 0. The normalized spacial score (nSPS) is 12.4. The van der Waals surface area contributed by atoms with Gasteiger partial charge in [-0.25, -0.2) is 13.4 Å². The number of benzene rings is 2. The minimum absolute atomic E-state index is 0.0992. The van der Waals surface area contributed by atoms with Crippen LogP contribution in [0.15, 0.2) is 47.4 Å². The van der Waals surface area contributed by atoms with Crippen LogP contribution in [0.2, 0.25) is 0 Å². The third-order valence-electron chi connectivity index (χ3n) is 3.64. The number of hydrogen-bond acceptors (Lipinski definition) is 5. The Labute approximate surface area is 144 Å². The molecule has 0 spiro atoms. The van der Waals surface area contributed by atoms with Crippen molar-refractivity contribution in [2.45, 2.75) is 16.8 Å². The molecule has 7 nitrogen and oxygen atoms in total. The summed E-state index contributed by atoms with van der Waals surface area (Å²) in [4.78, 5) is 15.7. The molecule has 1 aromatic heterocycles. The quantitative estimate of drug-likeness (QED) is 0.547. The van der Waals surface area contributed by atoms with E-state index in [2.05, 4.69) is 4.98 Å². The second kappa shape index (κ2) is 6.09. The molecule has 11 heteroatoms. The number of hydrogen-bond donors (Lipinski definition) is 1. The maximum atomic E-state index is 12.9. The number of rotatable bonds is 4. The van der Waals surface area contributed by atoms with E-state index in [0.717, 1.165) is 12.1 Å². The average molecular weight is 385 g/mol. The van der Waals surface area contributed by atoms with E-state index < -0.39 is 49.3 Å². The minimum atomic E-state index is -4.80. The van der Waals surface area contributed by atoms with Crippen molar-refractivity contribution in [3.05, 3.63) is 64.0 Å². The largest absolute Gasteiger partial charge is 0.449 e. The predicted octanol–water partition coefficient (Wildman–Crippen LogP) is 3.46. The topological polar surface area (TPSA) is 106 Å². The highest BCUT2D eigenvalue weighted by atomic mass is 32.2. The number of aromatic amines is 1. The second-order valence-electron chi connectivity index (χ2n) is 5.37. The maximum absolute atomic E-state index is 12.9. The number of alkyl halides is 3. The molecule has 0 aliphatic heterocycles. The van der Waals surface area contributed by atoms with Gasteiger partial charge in [-0.1, -0.05) is 18.2 Å². The first-order valence-corrected chi connectivity index (χ1v) is 8.76. The molecule has 136 valence electrons. The molecule has 0 aliphatic rings. The molecule has 26 heavy (non-hydrogen) atoms. The second-order valence-corrected chi connectivity index (χ2v) is 7.36. The number of fused-ring (bicyclic) bond motifs is 1. The zero-order valence-electron chi connectivity index (χ0n) is 12.8. The standard InChI is InChI=1S/C15H10F3N3O4S/c16-15(17,18)14-19-11-6-7-12(21(22)23)10(13(11)20-14)8-26(24,25)9-4-2-1-3-5-9/h1-7H,8H2,(H,19,20). The summed E-state index contributed by atoms with van der Waals surface area (Å²) in [5.74, 6) is -2.21. The van der Waals surface area contributed by atoms with Crippen LogP contribution in [0, 0.1) is 10.1 Å². The highest BCUT2D eigenvalue weighted by Crippen LogP contribution is 2.34. The van der Waals surface area contributed by atoms with E-state index in [-0.39, 0.29) is 10.4 Å². The lowest BCUT2D eigenvalue weighted by molar-refractivity contribution is -0.385. The summed E-state index contributed by atoms with van der Waals surface area (Å²) in [6, 6.07) is 9.15. The summed E-state index contributed by atoms with van der Waals surface area (Å²) in [7, 11) is -4.03. The number of nitro groups is 1. The number of halogens is 3. The number of nitrogens with zero attached hydrogens (tertiary/aromatic N) is 2. The van der Waals surface area contributed by atoms with Gasteiger partial charge in [0.25, 0.3) is 5.69 Å². The van der Waals surface area contributed by atoms with Gasteiger partial charge >= 0.3 is 6.18 Å². The van der Waals surface area contributed by atoms with Gasteiger partial charge in [0.05, 0.1) is 26.7 Å². The Balaban J connectivity index is 2.21. The van der Waals surface area contributed by atoms with Gasteiger partial charge in [0.15, 0.2) is 9.84 Å². The van der Waals surface area contributed by atoms with Gasteiger partial charge in [-0.05, 0) is 18.2 Å². The van der Waals surface area contributed by atoms with E-state index in [1.807, 2.05) is 4.98 Å². The Morgan fingerprint density at radius 2 is 1.77 bits per heavy atom. The Morgan fingerprint density at radius 1 is 1.12 bits per heavy atom. The van der Waals surface area contributed by atoms with Crippen LogP contribution in [-0.4, -0.2) is 23.3 Å². The molecule has 3 aromatic rings. The summed E-state index contributed by atoms with van der Waals surface area (Å²) in [5, 5.41) is 11.2. The van der Waals surface area contributed by atoms with E-state index in [9.17, 15) is 31.7 Å². The highest BCUT2D eigenvalue weighted by Gasteiger charge is 2.36. The van der Waals surface area contributed by atoms with Crippen molar-refractivity contribution in [1.29, 1.82) is 0 Å². The van der Waals surface area contributed by atoms with E-state index in [4.69, 9.17) is 0 Å². The van der Waals surface area contributed by atoms with Crippen molar-refractivity contribution < 1.29 is 26.5 Å². The molecule has 0 aliphatic carbocycles. The Hall–Kier alpha value is -2.95. The lowest BCUT2D eigenvalue weighted by Crippen LogP contribution is -2.08. The van der Waals surface area contributed by atoms with Crippen molar-refractivity contribution >= 4 is 26.6 Å². The van der Waals surface area contributed by atoms with Crippen molar-refractivity contribution in [3.63, 3.8) is 0 Å². The number of aromatic nitrogens is 2. The first-order chi connectivity index (χ1) is 12.1. The summed E-state index contributed by atoms with van der Waals surface area (Å²) in [6.07, 6.45) is -4.80. The van der Waals surface area contributed by atoms with Crippen molar-refractivity contribution in [1.82, 2.24) is 9.97 Å². The van der Waals surface area contributed by atoms with Gasteiger partial charge in [0, 0.05) is 6.07 Å². The fourth-order valence-corrected chi connectivity index (χ4v) is 3.87. The van der Waals surface area contributed by atoms with Crippen LogP contribution in [0.5, 0.6) is 0 Å². The van der Waals surface area contributed by atoms with Gasteiger partial charge in [-0.2, -0.15) is 13.2 Å². The number of H-pyrrole nitrogens is 1. The van der Waals surface area contributed by atoms with Gasteiger partial charge in [0.2, 0.25) is 5.82 Å². The first-order valence-electron chi connectivity index (χ1n) is 7.10. The molecular formula is C15H10F3N3O4S. The molecule has 0 amide bonds. The van der Waals surface area contributed by atoms with E-state index in [1.165, 1.54) is 24.3 Å². The lowest BCUT2D eigenvalue weighted by Gasteiger charge is -2.06. The molecular weight excluding hydrogens is 375 g/mol. The minimum Gasteiger partial charge on any atom is -0.334 e. The molecule has 1 heterocycles. The van der Waals surface area contributed by atoms with Crippen LogP contribution in [-0.2, 0) is 21.8 Å². The van der Waals surface area contributed by atoms with E-state index >= 15 is 0 Å². The van der Waals surface area contributed by atoms with Gasteiger partial charge < -0.3 is 4.98 Å².